The first-order chi connectivity index (χ1) is 3.79. The fourth-order valence-corrected chi connectivity index (χ4v) is 0.527. The average molecular weight is 151 g/mol. The minimum absolute atomic E-state index is 0. The quantitative estimate of drug-likeness (QED) is 0.279. The maximum absolute atomic E-state index is 8.63. The van der Waals surface area contributed by atoms with Gasteiger partial charge in [0.15, 0.2) is 0 Å². The number of hydrogen-bond acceptors (Lipinski definition) is 2. The van der Waals surface area contributed by atoms with Gasteiger partial charge in [0.2, 0.25) is 0 Å². The molecule has 1 aromatic rings. The molecule has 0 saturated heterocycles. The van der Waals surface area contributed by atoms with Crippen LogP contribution < -0.4 is 29.6 Å². The van der Waals surface area contributed by atoms with E-state index in [0.29, 0.717) is 0 Å². The van der Waals surface area contributed by atoms with Gasteiger partial charge in [0, 0.05) is 16.9 Å². The summed E-state index contributed by atoms with van der Waals surface area (Å²) in [5.74, 6) is 0. The Morgan fingerprint density at radius 1 is 1.44 bits per heavy atom. The first-order valence-electron chi connectivity index (χ1n) is 2.16. The Morgan fingerprint density at radius 3 is 2.22 bits per heavy atom. The second-order valence-electron chi connectivity index (χ2n) is 1.41. The van der Waals surface area contributed by atoms with Crippen molar-refractivity contribution in [3.8, 4) is 0 Å². The van der Waals surface area contributed by atoms with Crippen molar-refractivity contribution in [2.45, 2.75) is 0 Å². The van der Waals surface area contributed by atoms with Crippen molar-refractivity contribution < 1.29 is 36.2 Å². The van der Waals surface area contributed by atoms with E-state index >= 15 is 0 Å². The van der Waals surface area contributed by atoms with Crippen molar-refractivity contribution in [3.63, 3.8) is 0 Å². The van der Waals surface area contributed by atoms with Crippen molar-refractivity contribution in [3.05, 3.63) is 29.0 Å². The predicted molar refractivity (Wildman–Crippen MR) is 33.6 cm³/mol. The molecule has 1 N–H and O–H groups in total. The van der Waals surface area contributed by atoms with Gasteiger partial charge in [0.25, 0.3) is 0 Å². The fraction of sp³-hybridized carbons (Fsp3) is 0. The molecule has 1 aromatic heterocycles. The van der Waals surface area contributed by atoms with Crippen LogP contribution in [0.3, 0.4) is 0 Å². The van der Waals surface area contributed by atoms with Gasteiger partial charge < -0.3 is 6.63 Å². The van der Waals surface area contributed by atoms with Crippen LogP contribution in [0.1, 0.15) is 1.43 Å². The summed E-state index contributed by atoms with van der Waals surface area (Å²) in [4.78, 5) is 0. The molecule has 0 aliphatic heterocycles. The van der Waals surface area contributed by atoms with Crippen molar-refractivity contribution in [2.75, 3.05) is 0 Å². The van der Waals surface area contributed by atoms with E-state index in [9.17, 15) is 0 Å². The molecule has 0 saturated carbocycles. The minimum Gasteiger partial charge on any atom is -1.00 e. The third kappa shape index (κ3) is 3.01. The first kappa shape index (κ1) is 9.17. The van der Waals surface area contributed by atoms with E-state index in [0.717, 1.165) is 9.24 Å². The van der Waals surface area contributed by atoms with Crippen LogP contribution in [0.4, 0.5) is 0 Å². The number of hydrogen-bond donors (Lipinski definition) is 1. The van der Waals surface area contributed by atoms with Crippen LogP contribution in [-0.2, 0) is 0 Å². The fourth-order valence-electron chi connectivity index (χ4n) is 0.405. The van der Waals surface area contributed by atoms with Crippen LogP contribution in [0.2, 0.25) is 0 Å². The molecular weight excluding hydrogens is 145 g/mol. The van der Waals surface area contributed by atoms with Gasteiger partial charge in [0.05, 0.1) is 0 Å². The van der Waals surface area contributed by atoms with Gasteiger partial charge in [-0.15, -0.1) is 0 Å². The van der Waals surface area contributed by atoms with E-state index < -0.39 is 0 Å². The molecule has 0 aliphatic rings. The van der Waals surface area contributed by atoms with Gasteiger partial charge >= 0.3 is 29.6 Å². The molecule has 2 nitrogen and oxygen atoms in total. The molecule has 0 unspecified atom stereocenters. The first-order valence-corrected chi connectivity index (χ1v) is 2.57. The van der Waals surface area contributed by atoms with Crippen LogP contribution in [0.5, 0.6) is 0 Å². The largest absolute Gasteiger partial charge is 1.00 e. The van der Waals surface area contributed by atoms with E-state index in [4.69, 9.17) is 17.4 Å². The number of pyridine rings is 1. The molecule has 0 aromatic carbocycles. The summed E-state index contributed by atoms with van der Waals surface area (Å²) in [6.45, 7) is 0. The monoisotopic (exact) mass is 151 g/mol. The normalized spacial score (nSPS) is 8.00. The number of aromatic nitrogens is 1. The Balaban J connectivity index is 0. The van der Waals surface area contributed by atoms with Gasteiger partial charge in [0.1, 0.15) is 0 Å². The Bertz CT molecular complexity index is 219. The summed E-state index contributed by atoms with van der Waals surface area (Å²) in [6, 6.07) is 3.30. The van der Waals surface area contributed by atoms with Crippen molar-refractivity contribution >= 4 is 12.2 Å². The standard InChI is InChI=1S/C5H5NOS.Na.H/c7-6-3-1-5(8)2-4-6;;/h1-4,7H;;/q;+1;-1. The molecule has 0 spiro atoms. The van der Waals surface area contributed by atoms with Gasteiger partial charge in [-0.1, -0.05) is 12.2 Å². The summed E-state index contributed by atoms with van der Waals surface area (Å²) in [6.07, 6.45) is 2.98. The molecule has 9 heavy (non-hydrogen) atoms. The van der Waals surface area contributed by atoms with Crippen LogP contribution in [0, 0.1) is 4.51 Å². The van der Waals surface area contributed by atoms with Crippen LogP contribution in [-0.4, -0.2) is 9.94 Å². The molecule has 0 fully saturated rings. The zero-order valence-corrected chi connectivity index (χ0v) is 7.93. The van der Waals surface area contributed by atoms with E-state index in [-0.39, 0.29) is 31.0 Å². The van der Waals surface area contributed by atoms with Gasteiger partial charge in [-0.25, -0.2) is 4.73 Å². The Hall–Kier alpha value is 0.170. The molecule has 0 bridgehead atoms. The summed E-state index contributed by atoms with van der Waals surface area (Å²) >= 11 is 4.75. The molecule has 4 heteroatoms. The third-order valence-corrected chi connectivity index (χ3v) is 1.06. The Kier molecular flexibility index (Phi) is 4.14. The average Bonchev–Trinajstić information content (AvgIpc) is 1.77. The smallest absolute Gasteiger partial charge is 1.00 e. The molecule has 44 valence electrons. The van der Waals surface area contributed by atoms with Gasteiger partial charge in [-0.2, -0.15) is 0 Å². The minimum atomic E-state index is 0. The maximum atomic E-state index is 8.63. The molecule has 1 rings (SSSR count). The molecule has 0 aliphatic carbocycles. The Morgan fingerprint density at radius 2 is 1.89 bits per heavy atom. The summed E-state index contributed by atoms with van der Waals surface area (Å²) in [7, 11) is 0. The summed E-state index contributed by atoms with van der Waals surface area (Å²) in [5, 5.41) is 8.63. The van der Waals surface area contributed by atoms with Crippen LogP contribution in [0.15, 0.2) is 24.5 Å². The van der Waals surface area contributed by atoms with Crippen molar-refractivity contribution in [1.29, 1.82) is 0 Å². The second-order valence-corrected chi connectivity index (χ2v) is 1.89. The van der Waals surface area contributed by atoms with Gasteiger partial charge in [-0.3, -0.25) is 0 Å². The summed E-state index contributed by atoms with van der Waals surface area (Å²) < 4.78 is 1.69. The van der Waals surface area contributed by atoms with E-state index in [1.165, 1.54) is 12.4 Å². The zero-order valence-electron chi connectivity index (χ0n) is 6.11. The molecule has 1 heterocycles. The Labute approximate surface area is 81.9 Å². The molecular formula is C5H6NNaOS. The van der Waals surface area contributed by atoms with E-state index in [1.807, 2.05) is 0 Å². The predicted octanol–water partition coefficient (Wildman–Crippen LogP) is -1.43. The van der Waals surface area contributed by atoms with E-state index in [2.05, 4.69) is 0 Å². The molecule has 0 radical (unpaired) electrons. The number of rotatable bonds is 0. The zero-order chi connectivity index (χ0) is 5.98. The van der Waals surface area contributed by atoms with Crippen molar-refractivity contribution in [1.82, 2.24) is 4.73 Å². The molecule has 0 amide bonds. The SMILES string of the molecule is On1ccc(=S)cc1.[H-].[Na+]. The van der Waals surface area contributed by atoms with Crippen LogP contribution in [0.25, 0.3) is 0 Å². The second kappa shape index (κ2) is 4.06. The maximum Gasteiger partial charge on any atom is 1.00 e. The van der Waals surface area contributed by atoms with Gasteiger partial charge in [-0.05, 0) is 12.1 Å². The topological polar surface area (TPSA) is 25.2 Å². The molecule has 0 atom stereocenters. The van der Waals surface area contributed by atoms with Crippen molar-refractivity contribution in [2.24, 2.45) is 0 Å². The third-order valence-electron chi connectivity index (χ3n) is 0.783. The number of nitrogens with zero attached hydrogens (tertiary/aromatic N) is 1. The summed E-state index contributed by atoms with van der Waals surface area (Å²) in [5.41, 5.74) is 0. The van der Waals surface area contributed by atoms with Crippen LogP contribution >= 0.6 is 12.2 Å². The van der Waals surface area contributed by atoms with E-state index in [1.54, 1.807) is 12.1 Å².